The van der Waals surface area contributed by atoms with Crippen LogP contribution in [0.15, 0.2) is 140 Å². The summed E-state index contributed by atoms with van der Waals surface area (Å²) in [6.45, 7) is 4.64. The average Bonchev–Trinajstić information content (AvgIpc) is 3.21. The lowest BCUT2D eigenvalue weighted by Crippen LogP contribution is -2.47. The van der Waals surface area contributed by atoms with Crippen molar-refractivity contribution in [2.24, 2.45) is 5.92 Å². The number of ether oxygens (including phenoxy) is 3. The van der Waals surface area contributed by atoms with Crippen molar-refractivity contribution >= 4 is 12.0 Å². The molecule has 0 aliphatic carbocycles. The van der Waals surface area contributed by atoms with Crippen molar-refractivity contribution in [1.29, 1.82) is 0 Å². The molecule has 1 saturated heterocycles. The van der Waals surface area contributed by atoms with Gasteiger partial charge < -0.3 is 30.0 Å². The molecular formula is C45H49N3O6. The van der Waals surface area contributed by atoms with E-state index in [9.17, 15) is 14.7 Å². The summed E-state index contributed by atoms with van der Waals surface area (Å²) in [7, 11) is 1.31. The molecule has 280 valence electrons. The van der Waals surface area contributed by atoms with Crippen molar-refractivity contribution in [1.82, 2.24) is 15.5 Å². The van der Waals surface area contributed by atoms with Crippen LogP contribution in [0.3, 0.4) is 0 Å². The van der Waals surface area contributed by atoms with Crippen molar-refractivity contribution < 1.29 is 28.9 Å². The number of carbonyl (C=O) groups excluding carboxylic acids is 2. The number of esters is 1. The Labute approximate surface area is 317 Å². The smallest absolute Gasteiger partial charge is 0.328 e. The predicted octanol–water partition coefficient (Wildman–Crippen LogP) is 7.26. The summed E-state index contributed by atoms with van der Waals surface area (Å²) in [5.41, 5.74) is 6.99. The highest BCUT2D eigenvalue weighted by Crippen LogP contribution is 2.42. The van der Waals surface area contributed by atoms with E-state index in [2.05, 4.69) is 71.0 Å². The van der Waals surface area contributed by atoms with E-state index in [0.29, 0.717) is 13.0 Å². The molecule has 1 aliphatic heterocycles. The molecule has 0 radical (unpaired) electrons. The molecule has 9 nitrogen and oxygen atoms in total. The summed E-state index contributed by atoms with van der Waals surface area (Å²) in [5, 5.41) is 15.3. The lowest BCUT2D eigenvalue weighted by atomic mass is 9.89. The highest BCUT2D eigenvalue weighted by molar-refractivity contribution is 5.83. The maximum atomic E-state index is 12.9. The van der Waals surface area contributed by atoms with Gasteiger partial charge in [-0.25, -0.2) is 9.59 Å². The largest absolute Gasteiger partial charge is 0.467 e. The van der Waals surface area contributed by atoms with Gasteiger partial charge in [0, 0.05) is 44.1 Å². The van der Waals surface area contributed by atoms with Crippen molar-refractivity contribution in [2.45, 2.75) is 64.1 Å². The molecule has 5 aromatic carbocycles. The van der Waals surface area contributed by atoms with E-state index in [4.69, 9.17) is 14.2 Å². The molecule has 54 heavy (non-hydrogen) atoms. The molecule has 0 spiro atoms. The normalized spacial score (nSPS) is 18.8. The first-order valence-corrected chi connectivity index (χ1v) is 18.4. The number of rotatable bonds is 15. The molecule has 9 heteroatoms. The summed E-state index contributed by atoms with van der Waals surface area (Å²) in [6, 6.07) is 44.9. The lowest BCUT2D eigenvalue weighted by molar-refractivity contribution is -0.276. The summed E-state index contributed by atoms with van der Waals surface area (Å²) in [4.78, 5) is 27.7. The summed E-state index contributed by atoms with van der Waals surface area (Å²) in [6.07, 6.45) is -0.726. The van der Waals surface area contributed by atoms with Crippen LogP contribution in [0.5, 0.6) is 0 Å². The fourth-order valence-corrected chi connectivity index (χ4v) is 6.82. The first kappa shape index (κ1) is 38.4. The second kappa shape index (κ2) is 19.1. The SMILES string of the molecule is COC(=O)C(Cc1ccccc1)NC(=O)NCc1ccc(C2OC(CN(Cc3ccccc3)Cc3ccccc3)C(C)C(c3ccc(CO)cc3)O2)cc1. The number of aliphatic hydroxyl groups excluding tert-OH is 1. The van der Waals surface area contributed by atoms with Crippen molar-refractivity contribution in [2.75, 3.05) is 13.7 Å². The first-order valence-electron chi connectivity index (χ1n) is 18.4. The van der Waals surface area contributed by atoms with Crippen molar-refractivity contribution in [3.05, 3.63) is 178 Å². The molecule has 6 rings (SSSR count). The third kappa shape index (κ3) is 10.6. The van der Waals surface area contributed by atoms with Crippen LogP contribution in [0, 0.1) is 5.92 Å². The molecule has 1 aliphatic rings. The van der Waals surface area contributed by atoms with Crippen LogP contribution in [0.2, 0.25) is 0 Å². The van der Waals surface area contributed by atoms with Gasteiger partial charge in [0.1, 0.15) is 6.04 Å². The number of aliphatic hydroxyl groups is 1. The van der Waals surface area contributed by atoms with Gasteiger partial charge >= 0.3 is 12.0 Å². The van der Waals surface area contributed by atoms with E-state index in [1.165, 1.54) is 18.2 Å². The second-order valence-corrected chi connectivity index (χ2v) is 13.8. The standard InChI is InChI=1S/C45H49N3O6/c1-32-41(30-48(28-35-14-8-4-9-15-35)29-36-16-10-5-11-17-36)53-44(54-42(32)38-22-20-37(31-49)21-23-38)39-24-18-34(19-25-39)27-46-45(51)47-40(43(50)52-2)26-33-12-6-3-7-13-33/h3-25,32,40-42,44,49H,26-31H2,1-2H3,(H2,46,47,51). The number of hydrogen-bond donors (Lipinski definition) is 3. The second-order valence-electron chi connectivity index (χ2n) is 13.8. The van der Waals surface area contributed by atoms with Gasteiger partial charge in [-0.15, -0.1) is 0 Å². The molecule has 0 aromatic heterocycles. The van der Waals surface area contributed by atoms with E-state index >= 15 is 0 Å². The molecule has 1 fully saturated rings. The average molecular weight is 728 g/mol. The van der Waals surface area contributed by atoms with Crippen LogP contribution in [0.4, 0.5) is 4.79 Å². The van der Waals surface area contributed by atoms with Gasteiger partial charge in [-0.2, -0.15) is 0 Å². The van der Waals surface area contributed by atoms with Gasteiger partial charge in [-0.05, 0) is 33.4 Å². The fraction of sp³-hybridized carbons (Fsp3) is 0.289. The van der Waals surface area contributed by atoms with Gasteiger partial charge in [0.2, 0.25) is 0 Å². The Balaban J connectivity index is 1.16. The summed E-state index contributed by atoms with van der Waals surface area (Å²) in [5.74, 6) is -0.489. The zero-order valence-electron chi connectivity index (χ0n) is 30.8. The van der Waals surface area contributed by atoms with Crippen LogP contribution in [0.1, 0.15) is 58.3 Å². The van der Waals surface area contributed by atoms with Crippen molar-refractivity contribution in [3.63, 3.8) is 0 Å². The zero-order valence-corrected chi connectivity index (χ0v) is 30.8. The maximum Gasteiger partial charge on any atom is 0.328 e. The van der Waals surface area contributed by atoms with E-state index in [1.807, 2.05) is 91.0 Å². The number of methoxy groups -OCH3 is 1. The van der Waals surface area contributed by atoms with E-state index in [1.54, 1.807) is 0 Å². The minimum atomic E-state index is -0.820. The molecule has 3 N–H and O–H groups in total. The number of benzene rings is 5. The molecule has 0 bridgehead atoms. The van der Waals surface area contributed by atoms with Gasteiger partial charge in [-0.3, -0.25) is 4.90 Å². The highest BCUT2D eigenvalue weighted by atomic mass is 16.7. The topological polar surface area (TPSA) is 109 Å². The number of amides is 2. The third-order valence-corrected chi connectivity index (χ3v) is 9.84. The van der Waals surface area contributed by atoms with E-state index < -0.39 is 24.3 Å². The third-order valence-electron chi connectivity index (χ3n) is 9.84. The molecule has 5 atom stereocenters. The minimum Gasteiger partial charge on any atom is -0.467 e. The summed E-state index contributed by atoms with van der Waals surface area (Å²) >= 11 is 0. The Kier molecular flexibility index (Phi) is 13.6. The van der Waals surface area contributed by atoms with E-state index in [-0.39, 0.29) is 31.3 Å². The number of urea groups is 1. The minimum absolute atomic E-state index is 0.0213. The number of hydrogen-bond acceptors (Lipinski definition) is 7. The highest BCUT2D eigenvalue weighted by Gasteiger charge is 2.39. The quantitative estimate of drug-likeness (QED) is 0.0975. The first-order chi connectivity index (χ1) is 26.4. The molecule has 1 heterocycles. The Morgan fingerprint density at radius 2 is 1.24 bits per heavy atom. The van der Waals surface area contributed by atoms with Gasteiger partial charge in [0.15, 0.2) is 6.29 Å². The van der Waals surface area contributed by atoms with Crippen LogP contribution in [-0.2, 0) is 51.7 Å². The van der Waals surface area contributed by atoms with Gasteiger partial charge in [0.25, 0.3) is 0 Å². The van der Waals surface area contributed by atoms with Crippen LogP contribution < -0.4 is 10.6 Å². The van der Waals surface area contributed by atoms with Crippen molar-refractivity contribution in [3.8, 4) is 0 Å². The number of nitrogens with one attached hydrogen (secondary N) is 2. The van der Waals surface area contributed by atoms with Crippen LogP contribution in [-0.4, -0.2) is 47.8 Å². The Bertz CT molecular complexity index is 1850. The van der Waals surface area contributed by atoms with Gasteiger partial charge in [0.05, 0.1) is 25.9 Å². The fourth-order valence-electron chi connectivity index (χ4n) is 6.82. The molecule has 5 aromatic rings. The molecule has 5 unspecified atom stereocenters. The monoisotopic (exact) mass is 727 g/mol. The number of carbonyl (C=O) groups is 2. The van der Waals surface area contributed by atoms with E-state index in [0.717, 1.165) is 40.9 Å². The Morgan fingerprint density at radius 3 is 1.80 bits per heavy atom. The van der Waals surface area contributed by atoms with Gasteiger partial charge in [-0.1, -0.05) is 146 Å². The molecule has 0 saturated carbocycles. The van der Waals surface area contributed by atoms with Crippen LogP contribution >= 0.6 is 0 Å². The molecule has 2 amide bonds. The predicted molar refractivity (Wildman–Crippen MR) is 208 cm³/mol. The number of nitrogens with zero attached hydrogens (tertiary/aromatic N) is 1. The Hall–Kier alpha value is -5.32. The summed E-state index contributed by atoms with van der Waals surface area (Å²) < 4.78 is 18.5. The van der Waals surface area contributed by atoms with Crippen LogP contribution in [0.25, 0.3) is 0 Å². The molecular weight excluding hydrogens is 679 g/mol. The lowest BCUT2D eigenvalue weighted by Gasteiger charge is -2.43. The Morgan fingerprint density at radius 1 is 0.704 bits per heavy atom. The maximum absolute atomic E-state index is 12.9. The zero-order chi connectivity index (χ0) is 37.7.